The maximum Gasteiger partial charge on any atom is 0.236 e. The summed E-state index contributed by atoms with van der Waals surface area (Å²) in [5.41, 5.74) is 3.38. The zero-order chi connectivity index (χ0) is 21.1. The number of piperidine rings is 1. The molecule has 6 heteroatoms. The van der Waals surface area contributed by atoms with Gasteiger partial charge in [-0.1, -0.05) is 30.7 Å². The number of rotatable bonds is 6. The van der Waals surface area contributed by atoms with Gasteiger partial charge in [-0.3, -0.25) is 9.69 Å². The molecule has 158 valence electrons. The largest absolute Gasteiger partial charge is 0.378 e. The quantitative estimate of drug-likeness (QED) is 0.584. The van der Waals surface area contributed by atoms with Gasteiger partial charge in [0.2, 0.25) is 5.91 Å². The Balaban J connectivity index is 1.42. The van der Waals surface area contributed by atoms with E-state index in [0.717, 1.165) is 35.5 Å². The summed E-state index contributed by atoms with van der Waals surface area (Å²) in [5, 5.41) is 1.14. The highest BCUT2D eigenvalue weighted by molar-refractivity contribution is 7.18. The van der Waals surface area contributed by atoms with Crippen LogP contribution in [0.1, 0.15) is 35.9 Å². The van der Waals surface area contributed by atoms with E-state index >= 15 is 0 Å². The summed E-state index contributed by atoms with van der Waals surface area (Å²) in [7, 11) is 5.97. The average molecular weight is 423 g/mol. The number of carbonyl (C=O) groups excluding carboxylic acids is 1. The first-order valence-corrected chi connectivity index (χ1v) is 11.4. The summed E-state index contributed by atoms with van der Waals surface area (Å²) in [6.45, 7) is 2.04. The van der Waals surface area contributed by atoms with E-state index in [1.807, 2.05) is 32.1 Å². The molecule has 0 bridgehead atoms. The van der Waals surface area contributed by atoms with Crippen molar-refractivity contribution in [3.8, 4) is 0 Å². The number of nitrogens with zero attached hydrogens (tertiary/aromatic N) is 4. The van der Waals surface area contributed by atoms with Gasteiger partial charge in [0.25, 0.3) is 0 Å². The van der Waals surface area contributed by atoms with Crippen molar-refractivity contribution in [2.45, 2.75) is 31.8 Å². The lowest BCUT2D eigenvalue weighted by molar-refractivity contribution is -0.132. The molecular formula is C24H30N4OS. The lowest BCUT2D eigenvalue weighted by Gasteiger charge is -2.34. The maximum atomic E-state index is 13.0. The third-order valence-electron chi connectivity index (χ3n) is 5.85. The molecule has 5 nitrogen and oxygen atoms in total. The second-order valence-corrected chi connectivity index (χ2v) is 9.37. The Kier molecular flexibility index (Phi) is 6.35. The van der Waals surface area contributed by atoms with Crippen molar-refractivity contribution < 1.29 is 4.79 Å². The number of likely N-dealkylation sites (tertiary alicyclic amines) is 1. The summed E-state index contributed by atoms with van der Waals surface area (Å²) in [4.78, 5) is 24.1. The van der Waals surface area contributed by atoms with Crippen molar-refractivity contribution in [3.05, 3.63) is 59.1 Å². The van der Waals surface area contributed by atoms with Crippen molar-refractivity contribution in [1.82, 2.24) is 14.8 Å². The number of anilines is 1. The highest BCUT2D eigenvalue weighted by Crippen LogP contribution is 2.35. The van der Waals surface area contributed by atoms with E-state index in [2.05, 4.69) is 52.3 Å². The lowest BCUT2D eigenvalue weighted by atomic mass is 10.0. The fraction of sp³-hybridized carbons (Fsp3) is 0.417. The summed E-state index contributed by atoms with van der Waals surface area (Å²) >= 11 is 1.77. The van der Waals surface area contributed by atoms with Gasteiger partial charge in [-0.25, -0.2) is 4.98 Å². The highest BCUT2D eigenvalue weighted by Gasteiger charge is 2.29. The number of benzene rings is 2. The molecule has 0 spiro atoms. The molecule has 0 aliphatic carbocycles. The first-order valence-electron chi connectivity index (χ1n) is 10.6. The molecule has 0 N–H and O–H groups in total. The van der Waals surface area contributed by atoms with Crippen LogP contribution in [-0.2, 0) is 11.3 Å². The second kappa shape index (κ2) is 9.14. The molecule has 1 aliphatic heterocycles. The molecule has 1 fully saturated rings. The average Bonchev–Trinajstić information content (AvgIpc) is 3.18. The van der Waals surface area contributed by atoms with E-state index in [0.29, 0.717) is 13.1 Å². The fourth-order valence-electron chi connectivity index (χ4n) is 4.05. The van der Waals surface area contributed by atoms with Gasteiger partial charge in [0, 0.05) is 33.4 Å². The lowest BCUT2D eigenvalue weighted by Crippen LogP contribution is -2.42. The van der Waals surface area contributed by atoms with E-state index in [9.17, 15) is 4.79 Å². The van der Waals surface area contributed by atoms with Crippen LogP contribution in [0.2, 0.25) is 0 Å². The van der Waals surface area contributed by atoms with Crippen LogP contribution in [0.25, 0.3) is 10.2 Å². The number of hydrogen-bond acceptors (Lipinski definition) is 5. The Bertz CT molecular complexity index is 965. The van der Waals surface area contributed by atoms with Crippen LogP contribution in [0.3, 0.4) is 0 Å². The van der Waals surface area contributed by atoms with Gasteiger partial charge in [0.15, 0.2) is 0 Å². The van der Waals surface area contributed by atoms with Crippen LogP contribution in [0, 0.1) is 0 Å². The van der Waals surface area contributed by atoms with Crippen LogP contribution in [0.15, 0.2) is 48.5 Å². The third-order valence-corrected chi connectivity index (χ3v) is 6.98. The van der Waals surface area contributed by atoms with Gasteiger partial charge in [-0.05, 0) is 49.2 Å². The van der Waals surface area contributed by atoms with Crippen LogP contribution < -0.4 is 4.90 Å². The molecule has 1 saturated heterocycles. The van der Waals surface area contributed by atoms with Gasteiger partial charge in [-0.15, -0.1) is 11.3 Å². The van der Waals surface area contributed by atoms with Gasteiger partial charge >= 0.3 is 0 Å². The Morgan fingerprint density at radius 1 is 1.10 bits per heavy atom. The molecule has 0 saturated carbocycles. The second-order valence-electron chi connectivity index (χ2n) is 8.31. The van der Waals surface area contributed by atoms with Crippen molar-refractivity contribution >= 4 is 33.1 Å². The van der Waals surface area contributed by atoms with Gasteiger partial charge in [0.05, 0.1) is 22.8 Å². The van der Waals surface area contributed by atoms with Crippen LogP contribution >= 0.6 is 11.3 Å². The van der Waals surface area contributed by atoms with Crippen molar-refractivity contribution in [2.24, 2.45) is 0 Å². The number of carbonyl (C=O) groups is 1. The van der Waals surface area contributed by atoms with E-state index in [1.165, 1.54) is 16.8 Å². The zero-order valence-corrected chi connectivity index (χ0v) is 18.9. The highest BCUT2D eigenvalue weighted by atomic mass is 32.1. The van der Waals surface area contributed by atoms with Crippen LogP contribution in [0.4, 0.5) is 5.69 Å². The number of para-hydroxylation sites is 1. The molecule has 1 amide bonds. The Labute approximate surface area is 182 Å². The zero-order valence-electron chi connectivity index (χ0n) is 18.0. The molecule has 1 aromatic heterocycles. The minimum Gasteiger partial charge on any atom is -0.378 e. The van der Waals surface area contributed by atoms with E-state index in [1.54, 1.807) is 11.3 Å². The third kappa shape index (κ3) is 4.65. The molecular weight excluding hydrogens is 392 g/mol. The predicted octanol–water partition coefficient (Wildman–Crippen LogP) is 4.55. The summed E-state index contributed by atoms with van der Waals surface area (Å²) in [5.74, 6) is 0.166. The van der Waals surface area contributed by atoms with E-state index in [-0.39, 0.29) is 11.9 Å². The Morgan fingerprint density at radius 2 is 1.87 bits per heavy atom. The molecule has 1 aliphatic rings. The predicted molar refractivity (Wildman–Crippen MR) is 125 cm³/mol. The molecule has 3 aromatic rings. The summed E-state index contributed by atoms with van der Waals surface area (Å²) in [6.07, 6.45) is 3.41. The van der Waals surface area contributed by atoms with Gasteiger partial charge in [0.1, 0.15) is 5.01 Å². The summed E-state index contributed by atoms with van der Waals surface area (Å²) < 4.78 is 1.22. The summed E-state index contributed by atoms with van der Waals surface area (Å²) in [6, 6.07) is 16.9. The monoisotopic (exact) mass is 422 g/mol. The molecule has 0 radical (unpaired) electrons. The normalized spacial score (nSPS) is 17.2. The molecule has 4 rings (SSSR count). The van der Waals surface area contributed by atoms with E-state index < -0.39 is 0 Å². The van der Waals surface area contributed by atoms with Crippen molar-refractivity contribution in [2.75, 3.05) is 39.1 Å². The molecule has 2 aromatic carbocycles. The molecule has 2 heterocycles. The number of amides is 1. The molecule has 1 unspecified atom stereocenters. The molecule has 1 atom stereocenters. The number of hydrogen-bond donors (Lipinski definition) is 0. The van der Waals surface area contributed by atoms with Crippen LogP contribution in [0.5, 0.6) is 0 Å². The number of aromatic nitrogens is 1. The van der Waals surface area contributed by atoms with Gasteiger partial charge < -0.3 is 9.80 Å². The SMILES string of the molecule is CN(Cc1ccc(N(C)C)cc1)C(=O)CN1CCCCC1c1nc2ccccc2s1. The molecule has 30 heavy (non-hydrogen) atoms. The Hall–Kier alpha value is -2.44. The van der Waals surface area contributed by atoms with Gasteiger partial charge in [-0.2, -0.15) is 0 Å². The number of likely N-dealkylation sites (N-methyl/N-ethyl adjacent to an activating group) is 1. The standard InChI is InChI=1S/C24H30N4OS/c1-26(2)19-13-11-18(12-14-19)16-27(3)23(29)17-28-15-7-6-9-21(28)24-25-20-8-4-5-10-22(20)30-24/h4-5,8,10-14,21H,6-7,9,15-17H2,1-3H3. The topological polar surface area (TPSA) is 39.7 Å². The number of fused-ring (bicyclic) bond motifs is 1. The first kappa shape index (κ1) is 20.8. The minimum atomic E-state index is 0.166. The van der Waals surface area contributed by atoms with Crippen LogP contribution in [-0.4, -0.2) is 54.9 Å². The Morgan fingerprint density at radius 3 is 2.60 bits per heavy atom. The number of thiazole rings is 1. The maximum absolute atomic E-state index is 13.0. The minimum absolute atomic E-state index is 0.166. The smallest absolute Gasteiger partial charge is 0.236 e. The van der Waals surface area contributed by atoms with E-state index in [4.69, 9.17) is 4.98 Å². The van der Waals surface area contributed by atoms with Crippen molar-refractivity contribution in [1.29, 1.82) is 0 Å². The van der Waals surface area contributed by atoms with Crippen molar-refractivity contribution in [3.63, 3.8) is 0 Å². The fourth-order valence-corrected chi connectivity index (χ4v) is 5.19. The first-order chi connectivity index (χ1) is 14.5.